The molecule has 5 aromatic rings. The summed E-state index contributed by atoms with van der Waals surface area (Å²) in [5.74, 6) is 1.71. The van der Waals surface area contributed by atoms with Gasteiger partial charge in [0.1, 0.15) is 22.9 Å². The number of fused-ring (bicyclic) bond motifs is 1. The molecule has 0 fully saturated rings. The third-order valence-corrected chi connectivity index (χ3v) is 4.35. The summed E-state index contributed by atoms with van der Waals surface area (Å²) in [4.78, 5) is 13.0. The molecule has 0 bridgehead atoms. The van der Waals surface area contributed by atoms with Gasteiger partial charge in [-0.15, -0.1) is 0 Å². The van der Waals surface area contributed by atoms with E-state index in [2.05, 4.69) is 30.4 Å². The normalized spacial score (nSPS) is 12.5. The molecule has 0 aliphatic rings. The first kappa shape index (κ1) is 15.4. The maximum Gasteiger partial charge on any atom is 0.249 e. The molecule has 9 nitrogen and oxygen atoms in total. The van der Waals surface area contributed by atoms with E-state index in [-0.39, 0.29) is 6.04 Å². The summed E-state index contributed by atoms with van der Waals surface area (Å²) in [5, 5.41) is 12.0. The summed E-state index contributed by atoms with van der Waals surface area (Å²) in [6.07, 6.45) is 6.96. The zero-order valence-electron chi connectivity index (χ0n) is 14.2. The molecule has 132 valence electrons. The van der Waals surface area contributed by atoms with Crippen molar-refractivity contribution in [3.05, 3.63) is 61.0 Å². The average Bonchev–Trinajstić information content (AvgIpc) is 3.48. The number of hydrogen-bond donors (Lipinski definition) is 0. The molecular weight excluding hydrogens is 346 g/mol. The fourth-order valence-electron chi connectivity index (χ4n) is 2.96. The lowest BCUT2D eigenvalue weighted by atomic mass is 10.1. The van der Waals surface area contributed by atoms with Crippen LogP contribution >= 0.6 is 0 Å². The van der Waals surface area contributed by atoms with Crippen LogP contribution in [0.3, 0.4) is 0 Å². The Labute approximate surface area is 152 Å². The Balaban J connectivity index is 1.54. The minimum absolute atomic E-state index is 0.222. The largest absolute Gasteiger partial charge is 0.337 e. The van der Waals surface area contributed by atoms with Crippen LogP contribution in [0.15, 0.2) is 64.3 Å². The smallest absolute Gasteiger partial charge is 0.249 e. The van der Waals surface area contributed by atoms with Gasteiger partial charge in [0.2, 0.25) is 11.7 Å². The third-order valence-electron chi connectivity index (χ3n) is 4.35. The van der Waals surface area contributed by atoms with E-state index in [4.69, 9.17) is 9.15 Å². The van der Waals surface area contributed by atoms with Crippen LogP contribution in [0.5, 0.6) is 0 Å². The van der Waals surface area contributed by atoms with Crippen molar-refractivity contribution in [2.75, 3.05) is 0 Å². The highest BCUT2D eigenvalue weighted by Crippen LogP contribution is 2.29. The van der Waals surface area contributed by atoms with E-state index in [1.807, 2.05) is 48.0 Å². The molecule has 1 unspecified atom stereocenters. The van der Waals surface area contributed by atoms with Gasteiger partial charge in [-0.2, -0.15) is 4.98 Å². The number of imidazole rings is 1. The standard InChI is InChI=1S/C18H13N7O2/c1-11(18-21-16(24-26-18)12-5-7-19-8-6-12)25-10-9-20-17(25)13-3-2-4-14-15(13)23-27-22-14/h2-11H,1H3. The lowest BCUT2D eigenvalue weighted by Gasteiger charge is -2.12. The molecular formula is C18H13N7O2. The van der Waals surface area contributed by atoms with Gasteiger partial charge in [-0.05, 0) is 41.5 Å². The molecule has 0 N–H and O–H groups in total. The topological polar surface area (TPSA) is 109 Å². The second kappa shape index (κ2) is 6.13. The number of nitrogens with zero attached hydrogens (tertiary/aromatic N) is 7. The third kappa shape index (κ3) is 2.56. The molecule has 9 heteroatoms. The molecule has 0 spiro atoms. The summed E-state index contributed by atoms with van der Waals surface area (Å²) in [5.41, 5.74) is 2.99. The minimum atomic E-state index is -0.222. The molecule has 0 radical (unpaired) electrons. The number of rotatable bonds is 4. The van der Waals surface area contributed by atoms with Crippen molar-refractivity contribution in [3.8, 4) is 22.8 Å². The van der Waals surface area contributed by atoms with Gasteiger partial charge in [0.05, 0.1) is 0 Å². The number of benzene rings is 1. The van der Waals surface area contributed by atoms with Gasteiger partial charge in [-0.1, -0.05) is 11.2 Å². The molecule has 0 saturated carbocycles. The van der Waals surface area contributed by atoms with Gasteiger partial charge in [0, 0.05) is 35.9 Å². The van der Waals surface area contributed by atoms with Gasteiger partial charge in [0.25, 0.3) is 0 Å². The van der Waals surface area contributed by atoms with Crippen molar-refractivity contribution < 1.29 is 9.15 Å². The Bertz CT molecular complexity index is 1210. The minimum Gasteiger partial charge on any atom is -0.337 e. The monoisotopic (exact) mass is 359 g/mol. The zero-order valence-corrected chi connectivity index (χ0v) is 14.2. The van der Waals surface area contributed by atoms with Gasteiger partial charge in [0.15, 0.2) is 0 Å². The molecule has 0 saturated heterocycles. The summed E-state index contributed by atoms with van der Waals surface area (Å²) >= 11 is 0. The maximum atomic E-state index is 5.49. The highest BCUT2D eigenvalue weighted by atomic mass is 16.6. The Morgan fingerprint density at radius 1 is 1.00 bits per heavy atom. The van der Waals surface area contributed by atoms with Crippen LogP contribution in [0.2, 0.25) is 0 Å². The van der Waals surface area contributed by atoms with Gasteiger partial charge >= 0.3 is 0 Å². The van der Waals surface area contributed by atoms with Crippen molar-refractivity contribution in [2.24, 2.45) is 0 Å². The first-order valence-electron chi connectivity index (χ1n) is 8.30. The Morgan fingerprint density at radius 2 is 1.89 bits per heavy atom. The number of hydrogen-bond acceptors (Lipinski definition) is 8. The average molecular weight is 359 g/mol. The highest BCUT2D eigenvalue weighted by Gasteiger charge is 2.21. The Hall–Kier alpha value is -3.88. The number of aromatic nitrogens is 7. The van der Waals surface area contributed by atoms with E-state index in [0.717, 1.165) is 11.1 Å². The van der Waals surface area contributed by atoms with Crippen LogP contribution in [-0.4, -0.2) is 35.0 Å². The Morgan fingerprint density at radius 3 is 2.78 bits per heavy atom. The Kier molecular flexibility index (Phi) is 3.49. The van der Waals surface area contributed by atoms with Crippen molar-refractivity contribution in [1.82, 2.24) is 35.0 Å². The molecule has 0 aliphatic carbocycles. The predicted molar refractivity (Wildman–Crippen MR) is 94.4 cm³/mol. The summed E-state index contributed by atoms with van der Waals surface area (Å²) in [6, 6.07) is 9.10. The van der Waals surface area contributed by atoms with E-state index in [1.165, 1.54) is 0 Å². The van der Waals surface area contributed by atoms with Crippen LogP contribution in [0, 0.1) is 0 Å². The first-order chi connectivity index (χ1) is 13.3. The maximum absolute atomic E-state index is 5.49. The molecule has 5 rings (SSSR count). The molecule has 4 aromatic heterocycles. The second-order valence-electron chi connectivity index (χ2n) is 5.96. The summed E-state index contributed by atoms with van der Waals surface area (Å²) < 4.78 is 12.3. The van der Waals surface area contributed by atoms with Crippen LogP contribution in [0.25, 0.3) is 33.8 Å². The first-order valence-corrected chi connectivity index (χ1v) is 8.30. The molecule has 1 atom stereocenters. The van der Waals surface area contributed by atoms with Crippen molar-refractivity contribution in [2.45, 2.75) is 13.0 Å². The van der Waals surface area contributed by atoms with E-state index >= 15 is 0 Å². The van der Waals surface area contributed by atoms with Crippen molar-refractivity contribution >= 4 is 11.0 Å². The van der Waals surface area contributed by atoms with E-state index in [1.54, 1.807) is 18.6 Å². The lowest BCUT2D eigenvalue weighted by Crippen LogP contribution is -2.08. The molecule has 0 amide bonds. The molecule has 0 aliphatic heterocycles. The van der Waals surface area contributed by atoms with Gasteiger partial charge in [-0.3, -0.25) is 4.98 Å². The highest BCUT2D eigenvalue weighted by molar-refractivity contribution is 5.88. The number of pyridine rings is 1. The van der Waals surface area contributed by atoms with Crippen LogP contribution < -0.4 is 0 Å². The van der Waals surface area contributed by atoms with E-state index in [9.17, 15) is 0 Å². The quantitative estimate of drug-likeness (QED) is 0.481. The zero-order chi connectivity index (χ0) is 18.2. The van der Waals surface area contributed by atoms with Crippen molar-refractivity contribution in [3.63, 3.8) is 0 Å². The fourth-order valence-corrected chi connectivity index (χ4v) is 2.96. The van der Waals surface area contributed by atoms with Crippen molar-refractivity contribution in [1.29, 1.82) is 0 Å². The lowest BCUT2D eigenvalue weighted by molar-refractivity contribution is 0.315. The second-order valence-corrected chi connectivity index (χ2v) is 5.96. The van der Waals surface area contributed by atoms with E-state index in [0.29, 0.717) is 28.6 Å². The SMILES string of the molecule is CC(c1nc(-c2ccncc2)no1)n1ccnc1-c1cccc2nonc12. The molecule has 4 heterocycles. The fraction of sp³-hybridized carbons (Fsp3) is 0.111. The van der Waals surface area contributed by atoms with E-state index < -0.39 is 0 Å². The molecule has 27 heavy (non-hydrogen) atoms. The molecule has 1 aromatic carbocycles. The summed E-state index contributed by atoms with van der Waals surface area (Å²) in [7, 11) is 0. The van der Waals surface area contributed by atoms with Gasteiger partial charge in [-0.25, -0.2) is 9.61 Å². The van der Waals surface area contributed by atoms with Crippen LogP contribution in [0.1, 0.15) is 18.9 Å². The predicted octanol–water partition coefficient (Wildman–Crippen LogP) is 3.14. The van der Waals surface area contributed by atoms with Crippen LogP contribution in [0.4, 0.5) is 0 Å². The van der Waals surface area contributed by atoms with Crippen LogP contribution in [-0.2, 0) is 0 Å². The van der Waals surface area contributed by atoms with Gasteiger partial charge < -0.3 is 9.09 Å². The summed E-state index contributed by atoms with van der Waals surface area (Å²) in [6.45, 7) is 1.97.